The van der Waals surface area contributed by atoms with Crippen LogP contribution in [-0.2, 0) is 0 Å². The van der Waals surface area contributed by atoms with Gasteiger partial charge in [-0.05, 0) is 29.8 Å². The second-order valence-electron chi connectivity index (χ2n) is 3.67. The monoisotopic (exact) mass is 273 g/mol. The minimum atomic E-state index is -0.359. The summed E-state index contributed by atoms with van der Waals surface area (Å²) in [6.07, 6.45) is 4.86. The number of halogens is 1. The maximum absolute atomic E-state index is 11.5. The van der Waals surface area contributed by atoms with E-state index in [1.165, 1.54) is 6.20 Å². The van der Waals surface area contributed by atoms with E-state index in [9.17, 15) is 4.79 Å². The second-order valence-corrected chi connectivity index (χ2v) is 4.08. The Morgan fingerprint density at radius 1 is 1.16 bits per heavy atom. The fourth-order valence-corrected chi connectivity index (χ4v) is 1.61. The maximum Gasteiger partial charge on any atom is 0.324 e. The van der Waals surface area contributed by atoms with Crippen LogP contribution in [0.1, 0.15) is 5.56 Å². The standard InChI is InChI=1S/C14H12ClN3O/c15-12-6-2-1-5-11(12)8-10-17-14(19)18-13-7-3-4-9-16-13/h1-10H,(H2,16,17,18,19)/b10-8+. The summed E-state index contributed by atoms with van der Waals surface area (Å²) in [5.41, 5.74) is 0.835. The van der Waals surface area contributed by atoms with Gasteiger partial charge in [-0.1, -0.05) is 35.9 Å². The van der Waals surface area contributed by atoms with Gasteiger partial charge in [0.25, 0.3) is 0 Å². The minimum absolute atomic E-state index is 0.359. The van der Waals surface area contributed by atoms with Crippen LogP contribution in [0.3, 0.4) is 0 Å². The molecule has 1 aromatic heterocycles. The molecule has 96 valence electrons. The lowest BCUT2D eigenvalue weighted by Crippen LogP contribution is -2.24. The molecule has 4 nitrogen and oxygen atoms in total. The van der Waals surface area contributed by atoms with Crippen LogP contribution in [0.15, 0.2) is 54.9 Å². The molecule has 5 heteroatoms. The Labute approximate surface area is 116 Å². The van der Waals surface area contributed by atoms with Gasteiger partial charge in [-0.25, -0.2) is 9.78 Å². The number of rotatable bonds is 3. The minimum Gasteiger partial charge on any atom is -0.314 e. The number of amides is 2. The number of carbonyl (C=O) groups is 1. The number of anilines is 1. The molecule has 0 aliphatic rings. The number of benzene rings is 1. The third-order valence-electron chi connectivity index (χ3n) is 2.29. The Morgan fingerprint density at radius 3 is 2.68 bits per heavy atom. The topological polar surface area (TPSA) is 54.0 Å². The van der Waals surface area contributed by atoms with Gasteiger partial charge < -0.3 is 5.32 Å². The molecule has 0 aliphatic heterocycles. The second kappa shape index (κ2) is 6.56. The molecular formula is C14H12ClN3O. The largest absolute Gasteiger partial charge is 0.324 e. The molecule has 0 unspecified atom stereocenters. The molecule has 2 rings (SSSR count). The summed E-state index contributed by atoms with van der Waals surface area (Å²) < 4.78 is 0. The molecular weight excluding hydrogens is 262 g/mol. The number of aromatic nitrogens is 1. The Balaban J connectivity index is 1.89. The predicted octanol–water partition coefficient (Wildman–Crippen LogP) is 3.53. The van der Waals surface area contributed by atoms with Crippen molar-refractivity contribution in [1.29, 1.82) is 0 Å². The van der Waals surface area contributed by atoms with Crippen molar-refractivity contribution in [1.82, 2.24) is 10.3 Å². The van der Waals surface area contributed by atoms with E-state index in [0.29, 0.717) is 10.8 Å². The highest BCUT2D eigenvalue weighted by molar-refractivity contribution is 6.32. The lowest BCUT2D eigenvalue weighted by molar-refractivity contribution is 0.255. The first-order valence-electron chi connectivity index (χ1n) is 5.65. The van der Waals surface area contributed by atoms with Gasteiger partial charge in [-0.15, -0.1) is 0 Å². The molecule has 0 saturated carbocycles. The zero-order valence-corrected chi connectivity index (χ0v) is 10.8. The molecule has 2 aromatic rings. The molecule has 0 radical (unpaired) electrons. The highest BCUT2D eigenvalue weighted by Crippen LogP contribution is 2.15. The summed E-state index contributed by atoms with van der Waals surface area (Å²) in [5.74, 6) is 0.492. The van der Waals surface area contributed by atoms with E-state index >= 15 is 0 Å². The van der Waals surface area contributed by atoms with Crippen LogP contribution >= 0.6 is 11.6 Å². The van der Waals surface area contributed by atoms with E-state index < -0.39 is 0 Å². The molecule has 19 heavy (non-hydrogen) atoms. The van der Waals surface area contributed by atoms with E-state index in [1.807, 2.05) is 18.2 Å². The van der Waals surface area contributed by atoms with Gasteiger partial charge in [-0.2, -0.15) is 0 Å². The van der Waals surface area contributed by atoms with Gasteiger partial charge in [0.2, 0.25) is 0 Å². The van der Waals surface area contributed by atoms with Gasteiger partial charge in [0, 0.05) is 17.4 Å². The highest BCUT2D eigenvalue weighted by Gasteiger charge is 1.99. The van der Waals surface area contributed by atoms with Gasteiger partial charge in [0.05, 0.1) is 0 Å². The van der Waals surface area contributed by atoms with Gasteiger partial charge in [0.15, 0.2) is 0 Å². The molecule has 0 saturated heterocycles. The smallest absolute Gasteiger partial charge is 0.314 e. The molecule has 0 aliphatic carbocycles. The van der Waals surface area contributed by atoms with Crippen molar-refractivity contribution in [2.24, 2.45) is 0 Å². The van der Waals surface area contributed by atoms with Crippen LogP contribution in [0, 0.1) is 0 Å². The average Bonchev–Trinajstić information content (AvgIpc) is 2.42. The van der Waals surface area contributed by atoms with Gasteiger partial charge >= 0.3 is 6.03 Å². The molecule has 0 spiro atoms. The quantitative estimate of drug-likeness (QED) is 0.899. The van der Waals surface area contributed by atoms with Crippen molar-refractivity contribution in [3.63, 3.8) is 0 Å². The van der Waals surface area contributed by atoms with Crippen LogP contribution in [0.5, 0.6) is 0 Å². The lowest BCUT2D eigenvalue weighted by Gasteiger charge is -2.03. The van der Waals surface area contributed by atoms with E-state index in [4.69, 9.17) is 11.6 Å². The fourth-order valence-electron chi connectivity index (χ4n) is 1.41. The number of hydrogen-bond donors (Lipinski definition) is 2. The zero-order chi connectivity index (χ0) is 13.5. The van der Waals surface area contributed by atoms with Gasteiger partial charge in [-0.3, -0.25) is 5.32 Å². The van der Waals surface area contributed by atoms with Crippen molar-refractivity contribution in [3.8, 4) is 0 Å². The summed E-state index contributed by atoms with van der Waals surface area (Å²) in [7, 11) is 0. The van der Waals surface area contributed by atoms with Crippen LogP contribution in [0.4, 0.5) is 10.6 Å². The lowest BCUT2D eigenvalue weighted by atomic mass is 10.2. The zero-order valence-electron chi connectivity index (χ0n) is 10.0. The van der Waals surface area contributed by atoms with Crippen LogP contribution < -0.4 is 10.6 Å². The first-order valence-corrected chi connectivity index (χ1v) is 6.03. The number of pyridine rings is 1. The summed E-state index contributed by atoms with van der Waals surface area (Å²) >= 11 is 5.98. The van der Waals surface area contributed by atoms with Crippen LogP contribution in [0.25, 0.3) is 6.08 Å². The predicted molar refractivity (Wildman–Crippen MR) is 76.9 cm³/mol. The summed E-state index contributed by atoms with van der Waals surface area (Å²) in [5, 5.41) is 5.81. The first kappa shape index (κ1) is 13.1. The van der Waals surface area contributed by atoms with Crippen molar-refractivity contribution in [3.05, 3.63) is 65.4 Å². The van der Waals surface area contributed by atoms with Crippen LogP contribution in [0.2, 0.25) is 5.02 Å². The Kier molecular flexibility index (Phi) is 4.53. The van der Waals surface area contributed by atoms with Gasteiger partial charge in [0.1, 0.15) is 5.82 Å². The summed E-state index contributed by atoms with van der Waals surface area (Å²) in [4.78, 5) is 15.5. The Bertz CT molecular complexity index is 584. The van der Waals surface area contributed by atoms with E-state index in [0.717, 1.165) is 5.56 Å². The molecule has 2 amide bonds. The third-order valence-corrected chi connectivity index (χ3v) is 2.63. The number of carbonyl (C=O) groups excluding carboxylic acids is 1. The number of nitrogens with one attached hydrogen (secondary N) is 2. The SMILES string of the molecule is O=C(N/C=C/c1ccccc1Cl)Nc1ccccn1. The van der Waals surface area contributed by atoms with E-state index in [1.54, 1.807) is 36.5 Å². The van der Waals surface area contributed by atoms with Crippen molar-refractivity contribution in [2.45, 2.75) is 0 Å². The number of hydrogen-bond acceptors (Lipinski definition) is 2. The summed E-state index contributed by atoms with van der Waals surface area (Å²) in [6, 6.07) is 12.3. The molecule has 0 fully saturated rings. The normalized spacial score (nSPS) is 10.4. The molecule has 0 atom stereocenters. The van der Waals surface area contributed by atoms with E-state index in [-0.39, 0.29) is 6.03 Å². The average molecular weight is 274 g/mol. The van der Waals surface area contributed by atoms with Crippen molar-refractivity contribution >= 4 is 29.5 Å². The molecule has 1 aromatic carbocycles. The number of nitrogens with zero attached hydrogens (tertiary/aromatic N) is 1. The van der Waals surface area contributed by atoms with Crippen molar-refractivity contribution in [2.75, 3.05) is 5.32 Å². The third kappa shape index (κ3) is 4.12. The fraction of sp³-hybridized carbons (Fsp3) is 0. The number of urea groups is 1. The Hall–Kier alpha value is -2.33. The van der Waals surface area contributed by atoms with E-state index in [2.05, 4.69) is 15.6 Å². The molecule has 2 N–H and O–H groups in total. The molecule has 0 bridgehead atoms. The maximum atomic E-state index is 11.5. The van der Waals surface area contributed by atoms with Crippen molar-refractivity contribution < 1.29 is 4.79 Å². The first-order chi connectivity index (χ1) is 9.25. The molecule has 1 heterocycles. The summed E-state index contributed by atoms with van der Waals surface area (Å²) in [6.45, 7) is 0. The Morgan fingerprint density at radius 2 is 1.95 bits per heavy atom. The van der Waals surface area contributed by atoms with Crippen LogP contribution in [-0.4, -0.2) is 11.0 Å². The highest BCUT2D eigenvalue weighted by atomic mass is 35.5.